The van der Waals surface area contributed by atoms with Gasteiger partial charge in [0.25, 0.3) is 5.91 Å². The zero-order chi connectivity index (χ0) is 18.7. The molecule has 1 rings (SSSR count). The van der Waals surface area contributed by atoms with Crippen LogP contribution in [0.25, 0.3) is 0 Å². The number of nitrogens with zero attached hydrogens (tertiary/aromatic N) is 2. The number of nitrogens with one attached hydrogen (secondary N) is 2. The summed E-state index contributed by atoms with van der Waals surface area (Å²) >= 11 is 0. The number of amides is 1. The minimum atomic E-state index is -0.0748. The number of rotatable bonds is 9. The molecule has 1 aromatic rings. The summed E-state index contributed by atoms with van der Waals surface area (Å²) in [6.45, 7) is 5.97. The van der Waals surface area contributed by atoms with Crippen molar-refractivity contribution in [1.82, 2.24) is 15.5 Å². The Balaban J connectivity index is 0.00000625. The summed E-state index contributed by atoms with van der Waals surface area (Å²) < 4.78 is 10.7. The highest BCUT2D eigenvalue weighted by Gasteiger charge is 2.06. The standard InChI is InChI=1S/C18H30N4O3.HI/c1-6-19-18(21-14(2)12-24-5)20-11-15-8-7-9-16(10-15)25-13-17(23)22(3)4;/h7-10,14H,6,11-13H2,1-5H3,(H2,19,20,21);1H. The van der Waals surface area contributed by atoms with Gasteiger partial charge in [0.2, 0.25) is 0 Å². The SMILES string of the molecule is CCNC(=NCc1cccc(OCC(=O)N(C)C)c1)NC(C)COC.I. The summed E-state index contributed by atoms with van der Waals surface area (Å²) in [5.41, 5.74) is 1.01. The lowest BCUT2D eigenvalue weighted by molar-refractivity contribution is -0.130. The molecule has 8 heteroatoms. The van der Waals surface area contributed by atoms with Gasteiger partial charge in [-0.05, 0) is 31.5 Å². The molecule has 2 N–H and O–H groups in total. The third kappa shape index (κ3) is 9.81. The Morgan fingerprint density at radius 3 is 2.69 bits per heavy atom. The molecule has 1 unspecified atom stereocenters. The molecular weight excluding hydrogens is 447 g/mol. The number of guanidine groups is 1. The number of methoxy groups -OCH3 is 1. The van der Waals surface area contributed by atoms with E-state index in [1.165, 1.54) is 4.90 Å². The molecule has 0 aliphatic carbocycles. The van der Waals surface area contributed by atoms with Crippen molar-refractivity contribution in [2.24, 2.45) is 4.99 Å². The van der Waals surface area contributed by atoms with E-state index in [-0.39, 0.29) is 42.5 Å². The Bertz CT molecular complexity index is 567. The smallest absolute Gasteiger partial charge is 0.259 e. The van der Waals surface area contributed by atoms with E-state index < -0.39 is 0 Å². The third-order valence-corrected chi connectivity index (χ3v) is 3.32. The van der Waals surface area contributed by atoms with Crippen molar-refractivity contribution in [2.75, 3.05) is 41.0 Å². The number of benzene rings is 1. The van der Waals surface area contributed by atoms with Crippen LogP contribution in [0.3, 0.4) is 0 Å². The molecule has 0 bridgehead atoms. The molecule has 0 heterocycles. The summed E-state index contributed by atoms with van der Waals surface area (Å²) in [6.07, 6.45) is 0. The van der Waals surface area contributed by atoms with Crippen molar-refractivity contribution in [3.8, 4) is 5.75 Å². The van der Waals surface area contributed by atoms with E-state index in [0.29, 0.717) is 18.9 Å². The van der Waals surface area contributed by atoms with Crippen LogP contribution in [0.15, 0.2) is 29.3 Å². The molecule has 0 saturated heterocycles. The first kappa shape index (κ1) is 24.5. The molecule has 0 fully saturated rings. The third-order valence-electron chi connectivity index (χ3n) is 3.32. The first-order valence-corrected chi connectivity index (χ1v) is 8.42. The van der Waals surface area contributed by atoms with E-state index in [1.807, 2.05) is 38.1 Å². The van der Waals surface area contributed by atoms with Gasteiger partial charge >= 0.3 is 0 Å². The fourth-order valence-electron chi connectivity index (χ4n) is 2.02. The Labute approximate surface area is 173 Å². The Morgan fingerprint density at radius 2 is 2.08 bits per heavy atom. The maximum atomic E-state index is 11.6. The molecule has 0 aliphatic heterocycles. The lowest BCUT2D eigenvalue weighted by atomic mass is 10.2. The molecule has 0 spiro atoms. The number of carbonyl (C=O) groups is 1. The van der Waals surface area contributed by atoms with Crippen LogP contribution in [0.1, 0.15) is 19.4 Å². The minimum absolute atomic E-state index is 0. The van der Waals surface area contributed by atoms with Gasteiger partial charge in [0.1, 0.15) is 5.75 Å². The summed E-state index contributed by atoms with van der Waals surface area (Å²) in [6, 6.07) is 7.77. The maximum absolute atomic E-state index is 11.6. The van der Waals surface area contributed by atoms with Crippen molar-refractivity contribution in [3.05, 3.63) is 29.8 Å². The predicted octanol–water partition coefficient (Wildman–Crippen LogP) is 1.86. The fourth-order valence-corrected chi connectivity index (χ4v) is 2.02. The molecule has 0 radical (unpaired) electrons. The highest BCUT2D eigenvalue weighted by atomic mass is 127. The number of hydrogen-bond donors (Lipinski definition) is 2. The summed E-state index contributed by atoms with van der Waals surface area (Å²) in [5.74, 6) is 1.32. The van der Waals surface area contributed by atoms with Gasteiger partial charge in [0.15, 0.2) is 12.6 Å². The Hall–Kier alpha value is -1.55. The average Bonchev–Trinajstić information content (AvgIpc) is 2.58. The highest BCUT2D eigenvalue weighted by molar-refractivity contribution is 14.0. The summed E-state index contributed by atoms with van der Waals surface area (Å²) in [7, 11) is 5.09. The molecule has 1 amide bonds. The average molecular weight is 478 g/mol. The molecular formula is C18H31IN4O3. The second-order valence-corrected chi connectivity index (χ2v) is 5.92. The number of likely N-dealkylation sites (N-methyl/N-ethyl adjacent to an activating group) is 1. The van der Waals surface area contributed by atoms with Gasteiger partial charge in [-0.25, -0.2) is 4.99 Å². The van der Waals surface area contributed by atoms with Gasteiger partial charge < -0.3 is 25.0 Å². The van der Waals surface area contributed by atoms with Crippen molar-refractivity contribution < 1.29 is 14.3 Å². The molecule has 26 heavy (non-hydrogen) atoms. The summed E-state index contributed by atoms with van der Waals surface area (Å²) in [4.78, 5) is 17.7. The number of hydrogen-bond acceptors (Lipinski definition) is 4. The van der Waals surface area contributed by atoms with Crippen molar-refractivity contribution in [3.63, 3.8) is 0 Å². The molecule has 0 saturated carbocycles. The number of carbonyl (C=O) groups excluding carboxylic acids is 1. The predicted molar refractivity (Wildman–Crippen MR) is 115 cm³/mol. The number of aliphatic imine (C=N–C) groups is 1. The first-order valence-electron chi connectivity index (χ1n) is 8.42. The molecule has 148 valence electrons. The van der Waals surface area contributed by atoms with Crippen molar-refractivity contribution in [1.29, 1.82) is 0 Å². The Morgan fingerprint density at radius 1 is 1.35 bits per heavy atom. The van der Waals surface area contributed by atoms with Crippen LogP contribution in [0.5, 0.6) is 5.75 Å². The lowest BCUT2D eigenvalue weighted by Gasteiger charge is -2.17. The number of ether oxygens (including phenoxy) is 2. The second-order valence-electron chi connectivity index (χ2n) is 5.92. The Kier molecular flexibility index (Phi) is 12.8. The molecule has 0 aromatic heterocycles. The van der Waals surface area contributed by atoms with E-state index in [9.17, 15) is 4.79 Å². The van der Waals surface area contributed by atoms with Gasteiger partial charge in [-0.1, -0.05) is 12.1 Å². The van der Waals surface area contributed by atoms with Gasteiger partial charge in [0.05, 0.1) is 13.2 Å². The monoisotopic (exact) mass is 478 g/mol. The normalized spacial score (nSPS) is 12.0. The van der Waals surface area contributed by atoms with Gasteiger partial charge in [-0.2, -0.15) is 0 Å². The van der Waals surface area contributed by atoms with Crippen LogP contribution in [-0.2, 0) is 16.1 Å². The van der Waals surface area contributed by atoms with E-state index >= 15 is 0 Å². The maximum Gasteiger partial charge on any atom is 0.259 e. The summed E-state index contributed by atoms with van der Waals surface area (Å²) in [5, 5.41) is 6.50. The van der Waals surface area contributed by atoms with Crippen LogP contribution in [0.2, 0.25) is 0 Å². The fraction of sp³-hybridized carbons (Fsp3) is 0.556. The first-order chi connectivity index (χ1) is 12.0. The number of halogens is 1. The van der Waals surface area contributed by atoms with Crippen molar-refractivity contribution in [2.45, 2.75) is 26.4 Å². The van der Waals surface area contributed by atoms with Crippen LogP contribution >= 0.6 is 24.0 Å². The van der Waals surface area contributed by atoms with E-state index in [2.05, 4.69) is 15.6 Å². The minimum Gasteiger partial charge on any atom is -0.484 e. The molecule has 1 atom stereocenters. The van der Waals surface area contributed by atoms with Crippen LogP contribution in [-0.4, -0.2) is 63.8 Å². The largest absolute Gasteiger partial charge is 0.484 e. The van der Waals surface area contributed by atoms with E-state index in [0.717, 1.165) is 18.1 Å². The quantitative estimate of drug-likeness (QED) is 0.322. The van der Waals surface area contributed by atoms with Crippen LogP contribution in [0, 0.1) is 0 Å². The van der Waals surface area contributed by atoms with Crippen LogP contribution in [0.4, 0.5) is 0 Å². The van der Waals surface area contributed by atoms with Gasteiger partial charge in [-0.15, -0.1) is 24.0 Å². The molecule has 0 aliphatic rings. The van der Waals surface area contributed by atoms with Gasteiger partial charge in [0, 0.05) is 33.8 Å². The van der Waals surface area contributed by atoms with Gasteiger partial charge in [-0.3, -0.25) is 4.79 Å². The van der Waals surface area contributed by atoms with E-state index in [4.69, 9.17) is 9.47 Å². The lowest BCUT2D eigenvalue weighted by Crippen LogP contribution is -2.43. The zero-order valence-corrected chi connectivity index (χ0v) is 18.6. The van der Waals surface area contributed by atoms with Crippen LogP contribution < -0.4 is 15.4 Å². The molecule has 1 aromatic carbocycles. The second kappa shape index (κ2) is 13.6. The topological polar surface area (TPSA) is 75.2 Å². The van der Waals surface area contributed by atoms with E-state index in [1.54, 1.807) is 21.2 Å². The molecule has 7 nitrogen and oxygen atoms in total. The zero-order valence-electron chi connectivity index (χ0n) is 16.2. The van der Waals surface area contributed by atoms with Crippen molar-refractivity contribution >= 4 is 35.8 Å². The highest BCUT2D eigenvalue weighted by Crippen LogP contribution is 2.14.